The summed E-state index contributed by atoms with van der Waals surface area (Å²) in [4.78, 5) is 11.7. The van der Waals surface area contributed by atoms with Gasteiger partial charge >= 0.3 is 12.3 Å². The van der Waals surface area contributed by atoms with Crippen molar-refractivity contribution in [1.29, 1.82) is 0 Å². The van der Waals surface area contributed by atoms with Crippen LogP contribution in [0.15, 0.2) is 30.3 Å². The molecule has 9 heteroatoms. The quantitative estimate of drug-likeness (QED) is 0.517. The van der Waals surface area contributed by atoms with Crippen LogP contribution in [0.1, 0.15) is 29.2 Å². The van der Waals surface area contributed by atoms with Crippen LogP contribution in [-0.4, -0.2) is 25.0 Å². The van der Waals surface area contributed by atoms with Crippen molar-refractivity contribution in [2.24, 2.45) is 0 Å². The number of halogens is 3. The Balaban J connectivity index is 2.47. The molecule has 6 nitrogen and oxygen atoms in total. The monoisotopic (exact) mass is 413 g/mol. The van der Waals surface area contributed by atoms with E-state index >= 15 is 0 Å². The second-order valence-electron chi connectivity index (χ2n) is 6.19. The number of anilines is 1. The summed E-state index contributed by atoms with van der Waals surface area (Å²) in [6, 6.07) is 6.79. The third-order valence-electron chi connectivity index (χ3n) is 4.26. The first-order valence-electron chi connectivity index (χ1n) is 8.73. The molecule has 0 fully saturated rings. The van der Waals surface area contributed by atoms with Crippen molar-refractivity contribution in [2.45, 2.75) is 33.6 Å². The van der Waals surface area contributed by atoms with Crippen LogP contribution >= 0.6 is 0 Å². The van der Waals surface area contributed by atoms with Crippen molar-refractivity contribution in [1.82, 2.24) is 0 Å². The van der Waals surface area contributed by atoms with Gasteiger partial charge in [-0.25, -0.2) is 4.79 Å². The number of amides is 1. The molecule has 0 radical (unpaired) electrons. The standard InChI is InChI=1S/C20H22F3NO5/c1-5-28-17-8-6-7-16(24(26)19(25)27-4)14(17)11-29-18-10-13(3)12(2)9-15(18)20(21,22)23/h6-10,26H,5,11H2,1-4H3. The molecular formula is C20H22F3NO5. The zero-order chi connectivity index (χ0) is 21.8. The smallest absolute Gasteiger partial charge is 0.438 e. The summed E-state index contributed by atoms with van der Waals surface area (Å²) < 4.78 is 55.7. The Morgan fingerprint density at radius 1 is 1.10 bits per heavy atom. The highest BCUT2D eigenvalue weighted by molar-refractivity contribution is 5.86. The number of hydrogen-bond donors (Lipinski definition) is 1. The van der Waals surface area contributed by atoms with Crippen LogP contribution in [0.5, 0.6) is 11.5 Å². The van der Waals surface area contributed by atoms with Gasteiger partial charge in [-0.2, -0.15) is 18.2 Å². The van der Waals surface area contributed by atoms with Gasteiger partial charge in [0.2, 0.25) is 0 Å². The molecule has 0 aliphatic rings. The van der Waals surface area contributed by atoms with Crippen LogP contribution in [0.2, 0.25) is 0 Å². The van der Waals surface area contributed by atoms with Gasteiger partial charge in [0.05, 0.1) is 30.5 Å². The molecule has 2 aromatic rings. The average molecular weight is 413 g/mol. The predicted molar refractivity (Wildman–Crippen MR) is 99.5 cm³/mol. The molecule has 1 N–H and O–H groups in total. The lowest BCUT2D eigenvalue weighted by molar-refractivity contribution is -0.139. The maximum Gasteiger partial charge on any atom is 0.438 e. The number of rotatable bonds is 6. The fraction of sp³-hybridized carbons (Fsp3) is 0.350. The molecule has 0 aromatic heterocycles. The van der Waals surface area contributed by atoms with E-state index in [9.17, 15) is 23.2 Å². The first-order chi connectivity index (χ1) is 13.6. The lowest BCUT2D eigenvalue weighted by Gasteiger charge is -2.21. The molecule has 0 unspecified atom stereocenters. The van der Waals surface area contributed by atoms with Gasteiger partial charge in [0, 0.05) is 0 Å². The van der Waals surface area contributed by atoms with Crippen LogP contribution in [0.4, 0.5) is 23.7 Å². The molecule has 0 heterocycles. The number of aryl methyl sites for hydroxylation is 2. The van der Waals surface area contributed by atoms with Gasteiger partial charge < -0.3 is 14.2 Å². The van der Waals surface area contributed by atoms with Crippen molar-refractivity contribution < 1.29 is 37.4 Å². The summed E-state index contributed by atoms with van der Waals surface area (Å²) in [7, 11) is 1.08. The molecule has 0 saturated heterocycles. The second-order valence-corrected chi connectivity index (χ2v) is 6.19. The normalized spacial score (nSPS) is 11.2. The number of methoxy groups -OCH3 is 1. The minimum absolute atomic E-state index is 0.0276. The largest absolute Gasteiger partial charge is 0.493 e. The van der Waals surface area contributed by atoms with Gasteiger partial charge in [-0.1, -0.05) is 6.07 Å². The van der Waals surface area contributed by atoms with E-state index in [2.05, 4.69) is 4.74 Å². The lowest BCUT2D eigenvalue weighted by atomic mass is 10.0. The Bertz CT molecular complexity index is 883. The summed E-state index contributed by atoms with van der Waals surface area (Å²) >= 11 is 0. The Morgan fingerprint density at radius 3 is 2.34 bits per heavy atom. The molecule has 29 heavy (non-hydrogen) atoms. The van der Waals surface area contributed by atoms with E-state index in [1.54, 1.807) is 26.8 Å². The lowest BCUT2D eigenvalue weighted by Crippen LogP contribution is -2.28. The number of hydroxylamine groups is 1. The number of carbonyl (C=O) groups is 1. The highest BCUT2D eigenvalue weighted by Gasteiger charge is 2.35. The van der Waals surface area contributed by atoms with Gasteiger partial charge in [-0.15, -0.1) is 0 Å². The first kappa shape index (κ1) is 22.4. The number of alkyl halides is 3. The van der Waals surface area contributed by atoms with E-state index in [0.717, 1.165) is 13.2 Å². The Morgan fingerprint density at radius 2 is 1.76 bits per heavy atom. The molecule has 0 aliphatic carbocycles. The molecule has 0 saturated carbocycles. The minimum atomic E-state index is -4.61. The summed E-state index contributed by atoms with van der Waals surface area (Å²) in [6.45, 7) is 4.85. The fourth-order valence-electron chi connectivity index (χ4n) is 2.65. The van der Waals surface area contributed by atoms with Gasteiger partial charge in [-0.05, 0) is 56.2 Å². The topological polar surface area (TPSA) is 68.2 Å². The predicted octanol–water partition coefficient (Wildman–Crippen LogP) is 5.26. The van der Waals surface area contributed by atoms with Crippen LogP contribution in [0.25, 0.3) is 0 Å². The molecule has 0 spiro atoms. The molecule has 158 valence electrons. The van der Waals surface area contributed by atoms with Crippen molar-refractivity contribution >= 4 is 11.8 Å². The Labute approximate surface area is 166 Å². The summed E-state index contributed by atoms with van der Waals surface area (Å²) in [6.07, 6.45) is -5.67. The van der Waals surface area contributed by atoms with Gasteiger partial charge in [0.15, 0.2) is 0 Å². The highest BCUT2D eigenvalue weighted by Crippen LogP contribution is 2.39. The average Bonchev–Trinajstić information content (AvgIpc) is 2.67. The molecule has 2 aromatic carbocycles. The molecular weight excluding hydrogens is 391 g/mol. The van der Waals surface area contributed by atoms with E-state index in [1.165, 1.54) is 18.2 Å². The maximum absolute atomic E-state index is 13.4. The second kappa shape index (κ2) is 9.04. The van der Waals surface area contributed by atoms with Crippen molar-refractivity contribution in [3.63, 3.8) is 0 Å². The number of carbonyl (C=O) groups excluding carboxylic acids is 1. The molecule has 0 atom stereocenters. The van der Waals surface area contributed by atoms with E-state index < -0.39 is 17.8 Å². The molecule has 1 amide bonds. The summed E-state index contributed by atoms with van der Waals surface area (Å²) in [5.41, 5.74) is 0.357. The third-order valence-corrected chi connectivity index (χ3v) is 4.26. The highest BCUT2D eigenvalue weighted by atomic mass is 19.4. The van der Waals surface area contributed by atoms with Crippen LogP contribution < -0.4 is 14.5 Å². The Kier molecular flexibility index (Phi) is 6.97. The van der Waals surface area contributed by atoms with Crippen LogP contribution in [0, 0.1) is 13.8 Å². The van der Waals surface area contributed by atoms with Gasteiger partial charge in [0.1, 0.15) is 18.1 Å². The van der Waals surface area contributed by atoms with Gasteiger partial charge in [0.25, 0.3) is 0 Å². The SMILES string of the molecule is CCOc1cccc(N(O)C(=O)OC)c1COc1cc(C)c(C)cc1C(F)(F)F. The number of hydrogen-bond acceptors (Lipinski definition) is 5. The number of ether oxygens (including phenoxy) is 3. The van der Waals surface area contributed by atoms with E-state index in [1.807, 2.05) is 0 Å². The molecule has 0 aliphatic heterocycles. The molecule has 2 rings (SSSR count). The molecule has 0 bridgehead atoms. The van der Waals surface area contributed by atoms with E-state index in [0.29, 0.717) is 11.1 Å². The Hall–Kier alpha value is -2.94. The number of nitrogens with zero attached hydrogens (tertiary/aromatic N) is 1. The minimum Gasteiger partial charge on any atom is -0.493 e. The van der Waals surface area contributed by atoms with E-state index in [4.69, 9.17) is 9.47 Å². The fourth-order valence-corrected chi connectivity index (χ4v) is 2.65. The van der Waals surface area contributed by atoms with Crippen LogP contribution in [0.3, 0.4) is 0 Å². The van der Waals surface area contributed by atoms with Gasteiger partial charge in [-0.3, -0.25) is 5.21 Å². The third kappa shape index (κ3) is 5.11. The van der Waals surface area contributed by atoms with E-state index in [-0.39, 0.29) is 41.0 Å². The van der Waals surface area contributed by atoms with Crippen molar-refractivity contribution in [3.05, 3.63) is 52.6 Å². The van der Waals surface area contributed by atoms with Crippen molar-refractivity contribution in [2.75, 3.05) is 18.8 Å². The number of benzene rings is 2. The van der Waals surface area contributed by atoms with Crippen molar-refractivity contribution in [3.8, 4) is 11.5 Å². The summed E-state index contributed by atoms with van der Waals surface area (Å²) in [5.74, 6) is -0.106. The maximum atomic E-state index is 13.4. The first-order valence-corrected chi connectivity index (χ1v) is 8.73. The summed E-state index contributed by atoms with van der Waals surface area (Å²) in [5, 5.41) is 10.3. The van der Waals surface area contributed by atoms with Crippen LogP contribution in [-0.2, 0) is 17.5 Å². The zero-order valence-corrected chi connectivity index (χ0v) is 16.5. The zero-order valence-electron chi connectivity index (χ0n) is 16.5.